The average Bonchev–Trinajstić information content (AvgIpc) is 3.03. The van der Waals surface area contributed by atoms with E-state index in [2.05, 4.69) is 4.98 Å². The molecule has 2 heterocycles. The molecule has 1 fully saturated rings. The Labute approximate surface area is 129 Å². The summed E-state index contributed by atoms with van der Waals surface area (Å²) < 4.78 is 0. The molecule has 2 N–H and O–H groups in total. The average molecular weight is 306 g/mol. The molecule has 1 aliphatic heterocycles. The largest absolute Gasteiger partial charge is 0.481 e. The fourth-order valence-electron chi connectivity index (χ4n) is 3.14. The lowest BCUT2D eigenvalue weighted by molar-refractivity contribution is -0.141. The van der Waals surface area contributed by atoms with Crippen LogP contribution in [0.1, 0.15) is 58.8 Å². The second-order valence-corrected chi connectivity index (χ2v) is 5.86. The molecule has 1 amide bonds. The number of aliphatic carboxylic acids is 1. The summed E-state index contributed by atoms with van der Waals surface area (Å²) in [5.41, 5.74) is 2.50. The minimum atomic E-state index is -0.865. The van der Waals surface area contributed by atoms with Gasteiger partial charge >= 0.3 is 5.97 Å². The number of nitrogens with one attached hydrogen (secondary N) is 1. The Hall–Kier alpha value is -2.11. The van der Waals surface area contributed by atoms with Crippen molar-refractivity contribution < 1.29 is 19.5 Å². The highest BCUT2D eigenvalue weighted by Crippen LogP contribution is 2.25. The standard InChI is InChI=1S/C16H22N2O4/c1-4-5-12-13(10(3)19)9(2)17-14(12)15(20)18-7-6-11(8-18)16(21)22/h11,17H,4-8H2,1-3H3,(H,21,22). The van der Waals surface area contributed by atoms with E-state index in [1.54, 1.807) is 11.8 Å². The molecular formula is C16H22N2O4. The van der Waals surface area contributed by atoms with Crippen LogP contribution < -0.4 is 0 Å². The number of aromatic nitrogens is 1. The Bertz CT molecular complexity index is 618. The van der Waals surface area contributed by atoms with Gasteiger partial charge in [0.05, 0.1) is 5.92 Å². The van der Waals surface area contributed by atoms with Crippen molar-refractivity contribution in [1.29, 1.82) is 0 Å². The first-order chi connectivity index (χ1) is 10.4. The van der Waals surface area contributed by atoms with Gasteiger partial charge in [-0.3, -0.25) is 14.4 Å². The number of hydrogen-bond donors (Lipinski definition) is 2. The third-order valence-corrected chi connectivity index (χ3v) is 4.18. The van der Waals surface area contributed by atoms with E-state index in [0.717, 1.165) is 12.0 Å². The van der Waals surface area contributed by atoms with Crippen molar-refractivity contribution in [3.05, 3.63) is 22.5 Å². The molecule has 1 unspecified atom stereocenters. The van der Waals surface area contributed by atoms with Gasteiger partial charge in [-0.25, -0.2) is 0 Å². The van der Waals surface area contributed by atoms with Crippen molar-refractivity contribution in [2.75, 3.05) is 13.1 Å². The smallest absolute Gasteiger partial charge is 0.308 e. The Kier molecular flexibility index (Phi) is 4.68. The van der Waals surface area contributed by atoms with Crippen LogP contribution in [0.4, 0.5) is 0 Å². The number of aromatic amines is 1. The molecule has 1 aromatic heterocycles. The molecule has 0 aliphatic carbocycles. The van der Waals surface area contributed by atoms with E-state index in [1.807, 2.05) is 6.92 Å². The monoisotopic (exact) mass is 306 g/mol. The normalized spacial score (nSPS) is 17.8. The summed E-state index contributed by atoms with van der Waals surface area (Å²) in [5.74, 6) is -1.62. The van der Waals surface area contributed by atoms with E-state index < -0.39 is 11.9 Å². The molecule has 1 aliphatic rings. The van der Waals surface area contributed by atoms with Crippen molar-refractivity contribution in [3.8, 4) is 0 Å². The van der Waals surface area contributed by atoms with Crippen LogP contribution in [0.2, 0.25) is 0 Å². The predicted octanol–water partition coefficient (Wildman–Crippen LogP) is 2.02. The van der Waals surface area contributed by atoms with Gasteiger partial charge in [0.2, 0.25) is 0 Å². The van der Waals surface area contributed by atoms with Crippen LogP contribution in [0.3, 0.4) is 0 Å². The van der Waals surface area contributed by atoms with Crippen molar-refractivity contribution >= 4 is 17.7 Å². The van der Waals surface area contributed by atoms with Gasteiger partial charge in [-0.2, -0.15) is 0 Å². The Balaban J connectivity index is 2.32. The topological polar surface area (TPSA) is 90.5 Å². The van der Waals surface area contributed by atoms with E-state index in [-0.39, 0.29) is 18.2 Å². The first kappa shape index (κ1) is 16.3. The van der Waals surface area contributed by atoms with Gasteiger partial charge in [-0.15, -0.1) is 0 Å². The van der Waals surface area contributed by atoms with Crippen LogP contribution in [0.25, 0.3) is 0 Å². The third-order valence-electron chi connectivity index (χ3n) is 4.18. The summed E-state index contributed by atoms with van der Waals surface area (Å²) >= 11 is 0. The molecule has 0 aromatic carbocycles. The number of Topliss-reactive ketones (excluding diaryl/α,β-unsaturated/α-hetero) is 1. The molecule has 0 saturated carbocycles. The number of hydrogen-bond acceptors (Lipinski definition) is 3. The van der Waals surface area contributed by atoms with E-state index in [9.17, 15) is 14.4 Å². The number of nitrogens with zero attached hydrogens (tertiary/aromatic N) is 1. The van der Waals surface area contributed by atoms with Crippen molar-refractivity contribution in [1.82, 2.24) is 9.88 Å². The van der Waals surface area contributed by atoms with Crippen molar-refractivity contribution in [3.63, 3.8) is 0 Å². The van der Waals surface area contributed by atoms with Crippen LogP contribution in [0.5, 0.6) is 0 Å². The number of carboxylic acids is 1. The summed E-state index contributed by atoms with van der Waals surface area (Å²) in [6.07, 6.45) is 1.95. The molecule has 1 saturated heterocycles. The molecule has 1 atom stereocenters. The zero-order valence-electron chi connectivity index (χ0n) is 13.2. The van der Waals surface area contributed by atoms with Crippen molar-refractivity contribution in [2.24, 2.45) is 5.92 Å². The molecule has 0 spiro atoms. The lowest BCUT2D eigenvalue weighted by Crippen LogP contribution is -2.31. The maximum atomic E-state index is 12.7. The number of amides is 1. The first-order valence-corrected chi connectivity index (χ1v) is 7.61. The minimum Gasteiger partial charge on any atom is -0.481 e. The van der Waals surface area contributed by atoms with Gasteiger partial charge in [0.1, 0.15) is 5.69 Å². The first-order valence-electron chi connectivity index (χ1n) is 7.61. The molecular weight excluding hydrogens is 284 g/mol. The predicted molar refractivity (Wildman–Crippen MR) is 81.2 cm³/mol. The van der Waals surface area contributed by atoms with Crippen LogP contribution >= 0.6 is 0 Å². The molecule has 0 bridgehead atoms. The molecule has 2 rings (SSSR count). The number of carboxylic acid groups (broad SMARTS) is 1. The number of rotatable bonds is 5. The molecule has 6 heteroatoms. The number of carbonyl (C=O) groups excluding carboxylic acids is 2. The number of carbonyl (C=O) groups is 3. The van der Waals surface area contributed by atoms with Crippen LogP contribution in [-0.4, -0.2) is 45.7 Å². The summed E-state index contributed by atoms with van der Waals surface area (Å²) in [6, 6.07) is 0. The van der Waals surface area contributed by atoms with Gasteiger partial charge in [-0.05, 0) is 32.3 Å². The summed E-state index contributed by atoms with van der Waals surface area (Å²) in [5, 5.41) is 9.05. The number of ketones is 1. The van der Waals surface area contributed by atoms with E-state index in [4.69, 9.17) is 5.11 Å². The summed E-state index contributed by atoms with van der Waals surface area (Å²) in [4.78, 5) is 40.2. The quantitative estimate of drug-likeness (QED) is 0.814. The van der Waals surface area contributed by atoms with Crippen LogP contribution in [0.15, 0.2) is 0 Å². The SMILES string of the molecule is CCCc1c(C(=O)N2CCC(C(=O)O)C2)[nH]c(C)c1C(C)=O. The number of likely N-dealkylation sites (tertiary alicyclic amines) is 1. The maximum Gasteiger partial charge on any atom is 0.308 e. The van der Waals surface area contributed by atoms with E-state index in [1.165, 1.54) is 6.92 Å². The van der Waals surface area contributed by atoms with Gasteiger partial charge < -0.3 is 15.0 Å². The summed E-state index contributed by atoms with van der Waals surface area (Å²) in [6.45, 7) is 5.95. The number of H-pyrrole nitrogens is 1. The van der Waals surface area contributed by atoms with Crippen LogP contribution in [-0.2, 0) is 11.2 Å². The maximum absolute atomic E-state index is 12.7. The minimum absolute atomic E-state index is 0.0546. The van der Waals surface area contributed by atoms with Gasteiger partial charge in [0.25, 0.3) is 5.91 Å². The highest BCUT2D eigenvalue weighted by atomic mass is 16.4. The Morgan fingerprint density at radius 2 is 2.05 bits per heavy atom. The van der Waals surface area contributed by atoms with Gasteiger partial charge in [-0.1, -0.05) is 13.3 Å². The van der Waals surface area contributed by atoms with E-state index >= 15 is 0 Å². The molecule has 22 heavy (non-hydrogen) atoms. The fourth-order valence-corrected chi connectivity index (χ4v) is 3.14. The van der Waals surface area contributed by atoms with Gasteiger partial charge in [0.15, 0.2) is 5.78 Å². The Morgan fingerprint density at radius 3 is 2.55 bits per heavy atom. The lowest BCUT2D eigenvalue weighted by Gasteiger charge is -2.16. The van der Waals surface area contributed by atoms with Gasteiger partial charge in [0, 0.05) is 24.3 Å². The second-order valence-electron chi connectivity index (χ2n) is 5.86. The van der Waals surface area contributed by atoms with Crippen molar-refractivity contribution in [2.45, 2.75) is 40.0 Å². The summed E-state index contributed by atoms with van der Waals surface area (Å²) in [7, 11) is 0. The second kappa shape index (κ2) is 6.34. The Morgan fingerprint density at radius 1 is 1.36 bits per heavy atom. The zero-order valence-corrected chi connectivity index (χ0v) is 13.2. The lowest BCUT2D eigenvalue weighted by atomic mass is 10.0. The highest BCUT2D eigenvalue weighted by Gasteiger charge is 2.33. The highest BCUT2D eigenvalue weighted by molar-refractivity contribution is 6.02. The number of aryl methyl sites for hydroxylation is 1. The molecule has 0 radical (unpaired) electrons. The molecule has 1 aromatic rings. The van der Waals surface area contributed by atoms with Crippen LogP contribution in [0, 0.1) is 12.8 Å². The molecule has 120 valence electrons. The third kappa shape index (κ3) is 2.91. The zero-order chi connectivity index (χ0) is 16.4. The van der Waals surface area contributed by atoms with E-state index in [0.29, 0.717) is 36.3 Å². The fraction of sp³-hybridized carbons (Fsp3) is 0.562. The molecule has 6 nitrogen and oxygen atoms in total.